The van der Waals surface area contributed by atoms with Gasteiger partial charge in [0, 0.05) is 37.9 Å². The third-order valence-corrected chi connectivity index (χ3v) is 5.61. The molecule has 2 aromatic rings. The Morgan fingerprint density at radius 3 is 2.88 bits per heavy atom. The quantitative estimate of drug-likeness (QED) is 0.861. The molecule has 2 fully saturated rings. The molecule has 3 heterocycles. The molecule has 0 N–H and O–H groups in total. The van der Waals surface area contributed by atoms with Gasteiger partial charge in [-0.1, -0.05) is 12.8 Å². The van der Waals surface area contributed by atoms with Gasteiger partial charge in [-0.25, -0.2) is 4.98 Å². The Kier molecular flexibility index (Phi) is 3.78. The summed E-state index contributed by atoms with van der Waals surface area (Å²) in [5.41, 5.74) is 0.556. The highest BCUT2D eigenvalue weighted by Crippen LogP contribution is 2.53. The van der Waals surface area contributed by atoms with Crippen molar-refractivity contribution in [3.05, 3.63) is 36.4 Å². The largest absolute Gasteiger partial charge is 0.336 e. The molecule has 0 aromatic carbocycles. The van der Waals surface area contributed by atoms with E-state index in [1.807, 2.05) is 4.90 Å². The molecule has 7 nitrogen and oxygen atoms in total. The summed E-state index contributed by atoms with van der Waals surface area (Å²) >= 11 is 0. The molecule has 0 bridgehead atoms. The Labute approximate surface area is 141 Å². The van der Waals surface area contributed by atoms with Crippen LogP contribution in [0.25, 0.3) is 0 Å². The molecular weight excluding hydrogens is 304 g/mol. The van der Waals surface area contributed by atoms with Crippen LogP contribution in [-0.4, -0.2) is 48.6 Å². The molecule has 1 unspecified atom stereocenters. The van der Waals surface area contributed by atoms with Gasteiger partial charge < -0.3 is 9.47 Å². The van der Waals surface area contributed by atoms with Gasteiger partial charge in [0.05, 0.1) is 6.20 Å². The number of aryl methyl sites for hydroxylation is 1. The number of rotatable bonds is 3. The maximum Gasteiger partial charge on any atom is 0.274 e. The monoisotopic (exact) mass is 326 g/mol. The minimum Gasteiger partial charge on any atom is -0.336 e. The summed E-state index contributed by atoms with van der Waals surface area (Å²) in [6.07, 6.45) is 11.3. The molecule has 2 aliphatic rings. The lowest BCUT2D eigenvalue weighted by molar-refractivity contribution is 0.0767. The van der Waals surface area contributed by atoms with Crippen molar-refractivity contribution in [1.82, 2.24) is 29.6 Å². The Balaban J connectivity index is 1.66. The molecule has 1 amide bonds. The van der Waals surface area contributed by atoms with E-state index in [0.717, 1.165) is 31.8 Å². The molecule has 0 radical (unpaired) electrons. The van der Waals surface area contributed by atoms with Crippen LogP contribution in [0.1, 0.15) is 54.8 Å². The summed E-state index contributed by atoms with van der Waals surface area (Å²) < 4.78 is 2.11. The molecule has 1 aliphatic carbocycles. The summed E-state index contributed by atoms with van der Waals surface area (Å²) in [6.45, 7) is 4.43. The third-order valence-electron chi connectivity index (χ3n) is 5.61. The van der Waals surface area contributed by atoms with Gasteiger partial charge in [0.25, 0.3) is 5.91 Å². The number of hydrogen-bond donors (Lipinski definition) is 0. The van der Waals surface area contributed by atoms with Gasteiger partial charge in [-0.3, -0.25) is 9.78 Å². The van der Waals surface area contributed by atoms with Crippen LogP contribution in [0.4, 0.5) is 0 Å². The highest BCUT2D eigenvalue weighted by Gasteiger charge is 2.51. The molecule has 2 aromatic heterocycles. The van der Waals surface area contributed by atoms with Gasteiger partial charge >= 0.3 is 0 Å². The first-order chi connectivity index (χ1) is 11.7. The van der Waals surface area contributed by atoms with E-state index in [0.29, 0.717) is 12.2 Å². The van der Waals surface area contributed by atoms with Crippen LogP contribution in [0, 0.1) is 5.41 Å². The van der Waals surface area contributed by atoms with E-state index in [2.05, 4.69) is 31.7 Å². The smallest absolute Gasteiger partial charge is 0.274 e. The summed E-state index contributed by atoms with van der Waals surface area (Å²) in [5.74, 6) is 1.25. The Hall–Kier alpha value is -2.31. The van der Waals surface area contributed by atoms with Crippen LogP contribution >= 0.6 is 0 Å². The van der Waals surface area contributed by atoms with E-state index in [4.69, 9.17) is 0 Å². The second-order valence-corrected chi connectivity index (χ2v) is 6.87. The molecule has 4 rings (SSSR count). The van der Waals surface area contributed by atoms with E-state index in [1.54, 1.807) is 24.9 Å². The first kappa shape index (κ1) is 15.2. The second kappa shape index (κ2) is 5.96. The van der Waals surface area contributed by atoms with E-state index >= 15 is 0 Å². The van der Waals surface area contributed by atoms with Gasteiger partial charge in [-0.05, 0) is 25.2 Å². The highest BCUT2D eigenvalue weighted by molar-refractivity contribution is 5.92. The fourth-order valence-electron chi connectivity index (χ4n) is 4.41. The lowest BCUT2D eigenvalue weighted by Gasteiger charge is -2.29. The molecule has 1 spiro atoms. The van der Waals surface area contributed by atoms with Gasteiger partial charge in [-0.2, -0.15) is 0 Å². The highest BCUT2D eigenvalue weighted by atomic mass is 16.2. The predicted octanol–water partition coefficient (Wildman–Crippen LogP) is 1.89. The van der Waals surface area contributed by atoms with Crippen LogP contribution in [0.2, 0.25) is 0 Å². The standard InChI is InChI=1S/C17H22N6O/c1-2-22-12-20-21-15(22)13-10-23(11-17(13)5-3-4-6-17)16(24)14-9-18-7-8-19-14/h7-9,12-13H,2-6,10-11H2,1H3. The zero-order valence-electron chi connectivity index (χ0n) is 13.9. The van der Waals surface area contributed by atoms with Crippen molar-refractivity contribution >= 4 is 5.91 Å². The van der Waals surface area contributed by atoms with Gasteiger partial charge in [0.15, 0.2) is 0 Å². The minimum absolute atomic E-state index is 0.0283. The zero-order chi connectivity index (χ0) is 16.6. The Morgan fingerprint density at radius 2 is 2.17 bits per heavy atom. The number of carbonyl (C=O) groups is 1. The minimum atomic E-state index is -0.0283. The fourth-order valence-corrected chi connectivity index (χ4v) is 4.41. The topological polar surface area (TPSA) is 76.8 Å². The van der Waals surface area contributed by atoms with Crippen molar-refractivity contribution in [3.8, 4) is 0 Å². The lowest BCUT2D eigenvalue weighted by Crippen LogP contribution is -2.31. The first-order valence-corrected chi connectivity index (χ1v) is 8.66. The number of aromatic nitrogens is 5. The van der Waals surface area contributed by atoms with E-state index < -0.39 is 0 Å². The molecular formula is C17H22N6O. The van der Waals surface area contributed by atoms with E-state index in [-0.39, 0.29) is 17.2 Å². The molecule has 126 valence electrons. The molecule has 24 heavy (non-hydrogen) atoms. The fraction of sp³-hybridized carbons (Fsp3) is 0.588. The summed E-state index contributed by atoms with van der Waals surface area (Å²) in [6, 6.07) is 0. The van der Waals surface area contributed by atoms with Gasteiger partial charge in [0.2, 0.25) is 0 Å². The van der Waals surface area contributed by atoms with Crippen LogP contribution in [-0.2, 0) is 6.54 Å². The second-order valence-electron chi connectivity index (χ2n) is 6.87. The normalized spacial score (nSPS) is 22.4. The van der Waals surface area contributed by atoms with Gasteiger partial charge in [-0.15, -0.1) is 10.2 Å². The van der Waals surface area contributed by atoms with E-state index in [1.165, 1.54) is 12.8 Å². The average Bonchev–Trinajstić information content (AvgIpc) is 3.35. The molecule has 7 heteroatoms. The molecule has 1 saturated heterocycles. The maximum atomic E-state index is 12.8. The number of amides is 1. The number of likely N-dealkylation sites (tertiary alicyclic amines) is 1. The predicted molar refractivity (Wildman–Crippen MR) is 87.3 cm³/mol. The zero-order valence-corrected chi connectivity index (χ0v) is 13.9. The number of hydrogen-bond acceptors (Lipinski definition) is 5. The molecule has 1 atom stereocenters. The van der Waals surface area contributed by atoms with Crippen LogP contribution < -0.4 is 0 Å². The third kappa shape index (κ3) is 2.39. The van der Waals surface area contributed by atoms with Crippen molar-refractivity contribution in [2.24, 2.45) is 5.41 Å². The van der Waals surface area contributed by atoms with Crippen molar-refractivity contribution in [2.75, 3.05) is 13.1 Å². The Morgan fingerprint density at radius 1 is 1.33 bits per heavy atom. The van der Waals surface area contributed by atoms with Crippen molar-refractivity contribution < 1.29 is 4.79 Å². The van der Waals surface area contributed by atoms with Crippen LogP contribution in [0.3, 0.4) is 0 Å². The van der Waals surface area contributed by atoms with Crippen LogP contribution in [0.15, 0.2) is 24.9 Å². The summed E-state index contributed by atoms with van der Waals surface area (Å²) in [7, 11) is 0. The molecule has 1 saturated carbocycles. The SMILES string of the molecule is CCn1cnnc1C1CN(C(=O)c2cnccn2)CC12CCCC2. The number of carbonyl (C=O) groups excluding carboxylic acids is 1. The first-order valence-electron chi connectivity index (χ1n) is 8.66. The van der Waals surface area contributed by atoms with Crippen molar-refractivity contribution in [2.45, 2.75) is 45.1 Å². The van der Waals surface area contributed by atoms with Gasteiger partial charge in [0.1, 0.15) is 17.8 Å². The lowest BCUT2D eigenvalue weighted by atomic mass is 9.76. The molecule has 1 aliphatic heterocycles. The van der Waals surface area contributed by atoms with Crippen molar-refractivity contribution in [3.63, 3.8) is 0 Å². The maximum absolute atomic E-state index is 12.8. The Bertz CT molecular complexity index is 722. The number of nitrogens with zero attached hydrogens (tertiary/aromatic N) is 6. The van der Waals surface area contributed by atoms with E-state index in [9.17, 15) is 4.79 Å². The summed E-state index contributed by atoms with van der Waals surface area (Å²) in [4.78, 5) is 23.0. The van der Waals surface area contributed by atoms with Crippen molar-refractivity contribution in [1.29, 1.82) is 0 Å². The average molecular weight is 326 g/mol. The summed E-state index contributed by atoms with van der Waals surface area (Å²) in [5, 5.41) is 8.51. The van der Waals surface area contributed by atoms with Crippen LogP contribution in [0.5, 0.6) is 0 Å².